The number of hydrogen-bond acceptors (Lipinski definition) is 3. The molecule has 6 heteroatoms. The highest BCUT2D eigenvalue weighted by molar-refractivity contribution is 5.99. The summed E-state index contributed by atoms with van der Waals surface area (Å²) in [6, 6.07) is 6.90. The molecule has 1 fully saturated rings. The Kier molecular flexibility index (Phi) is 5.36. The van der Waals surface area contributed by atoms with Crippen LogP contribution in [-0.2, 0) is 14.4 Å². The van der Waals surface area contributed by atoms with E-state index in [0.29, 0.717) is 23.7 Å². The van der Waals surface area contributed by atoms with Crippen LogP contribution < -0.4 is 10.2 Å². The maximum atomic E-state index is 11.9. The summed E-state index contributed by atoms with van der Waals surface area (Å²) in [5.41, 5.74) is 1.32. The van der Waals surface area contributed by atoms with Gasteiger partial charge in [-0.1, -0.05) is 13.8 Å². The van der Waals surface area contributed by atoms with Crippen LogP contribution in [0.5, 0.6) is 0 Å². The first-order valence-electron chi connectivity index (χ1n) is 7.80. The van der Waals surface area contributed by atoms with Gasteiger partial charge in [-0.3, -0.25) is 14.4 Å². The van der Waals surface area contributed by atoms with E-state index in [1.807, 2.05) is 0 Å². The van der Waals surface area contributed by atoms with Gasteiger partial charge in [0.05, 0.1) is 5.92 Å². The van der Waals surface area contributed by atoms with E-state index >= 15 is 0 Å². The predicted octanol–water partition coefficient (Wildman–Crippen LogP) is 2.50. The Bertz CT molecular complexity index is 595. The number of nitrogens with zero attached hydrogens (tertiary/aromatic N) is 1. The molecule has 124 valence electrons. The van der Waals surface area contributed by atoms with Crippen molar-refractivity contribution in [2.24, 2.45) is 11.8 Å². The molecule has 1 heterocycles. The number of aliphatic carboxylic acids is 1. The Hall–Kier alpha value is -2.37. The van der Waals surface area contributed by atoms with Crippen LogP contribution >= 0.6 is 0 Å². The fourth-order valence-electron chi connectivity index (χ4n) is 2.49. The van der Waals surface area contributed by atoms with Crippen molar-refractivity contribution in [2.75, 3.05) is 16.8 Å². The van der Waals surface area contributed by atoms with Crippen molar-refractivity contribution >= 4 is 29.2 Å². The number of benzene rings is 1. The van der Waals surface area contributed by atoms with Gasteiger partial charge in [-0.2, -0.15) is 0 Å². The third-order valence-electron chi connectivity index (χ3n) is 3.89. The Morgan fingerprint density at radius 2 is 1.96 bits per heavy atom. The minimum absolute atomic E-state index is 0.0308. The highest BCUT2D eigenvalue weighted by Crippen LogP contribution is 2.26. The fraction of sp³-hybridized carbons (Fsp3) is 0.471. The Morgan fingerprint density at radius 1 is 1.30 bits per heavy atom. The van der Waals surface area contributed by atoms with Gasteiger partial charge in [-0.25, -0.2) is 0 Å². The number of rotatable bonds is 6. The largest absolute Gasteiger partial charge is 0.481 e. The van der Waals surface area contributed by atoms with Gasteiger partial charge in [0.25, 0.3) is 0 Å². The number of carbonyl (C=O) groups excluding carboxylic acids is 2. The van der Waals surface area contributed by atoms with Crippen LogP contribution in [0.1, 0.15) is 33.1 Å². The molecule has 2 N–H and O–H groups in total. The van der Waals surface area contributed by atoms with Crippen molar-refractivity contribution in [3.8, 4) is 0 Å². The lowest BCUT2D eigenvalue weighted by atomic mass is 10.1. The minimum Gasteiger partial charge on any atom is -0.481 e. The number of anilines is 2. The molecule has 0 unspecified atom stereocenters. The van der Waals surface area contributed by atoms with E-state index in [2.05, 4.69) is 19.2 Å². The molecule has 1 atom stereocenters. The van der Waals surface area contributed by atoms with E-state index in [1.54, 1.807) is 24.3 Å². The monoisotopic (exact) mass is 318 g/mol. The topological polar surface area (TPSA) is 86.7 Å². The van der Waals surface area contributed by atoms with Gasteiger partial charge in [0.15, 0.2) is 0 Å². The molecular weight excluding hydrogens is 296 g/mol. The summed E-state index contributed by atoms with van der Waals surface area (Å²) in [7, 11) is 0. The SMILES string of the molecule is CC(C)CCC(=O)Nc1ccc(N2C[C@H](C(=O)O)CC2=O)cc1. The second kappa shape index (κ2) is 7.26. The summed E-state index contributed by atoms with van der Waals surface area (Å²) >= 11 is 0. The summed E-state index contributed by atoms with van der Waals surface area (Å²) in [4.78, 5) is 36.1. The lowest BCUT2D eigenvalue weighted by molar-refractivity contribution is -0.141. The molecule has 23 heavy (non-hydrogen) atoms. The molecule has 1 aromatic rings. The van der Waals surface area contributed by atoms with Crippen LogP contribution in [0, 0.1) is 11.8 Å². The lowest BCUT2D eigenvalue weighted by Crippen LogP contribution is -2.25. The van der Waals surface area contributed by atoms with Gasteiger partial charge in [0.2, 0.25) is 11.8 Å². The number of amides is 2. The first-order valence-corrected chi connectivity index (χ1v) is 7.80. The van der Waals surface area contributed by atoms with Crippen molar-refractivity contribution in [3.05, 3.63) is 24.3 Å². The van der Waals surface area contributed by atoms with Gasteiger partial charge in [0, 0.05) is 30.8 Å². The number of nitrogens with one attached hydrogen (secondary N) is 1. The second-order valence-electron chi connectivity index (χ2n) is 6.27. The maximum Gasteiger partial charge on any atom is 0.308 e. The van der Waals surface area contributed by atoms with Crippen LogP contribution in [0.4, 0.5) is 11.4 Å². The summed E-state index contributed by atoms with van der Waals surface area (Å²) in [5, 5.41) is 11.8. The smallest absolute Gasteiger partial charge is 0.308 e. The molecule has 1 aliphatic rings. The standard InChI is InChI=1S/C17H22N2O4/c1-11(2)3-8-15(20)18-13-4-6-14(7-5-13)19-10-12(17(22)23)9-16(19)21/h4-7,11-12H,3,8-10H2,1-2H3,(H,18,20)(H,22,23)/t12-/m1/s1. The second-order valence-corrected chi connectivity index (χ2v) is 6.27. The predicted molar refractivity (Wildman–Crippen MR) is 87.2 cm³/mol. The van der Waals surface area contributed by atoms with Crippen LogP contribution in [0.2, 0.25) is 0 Å². The van der Waals surface area contributed by atoms with Crippen LogP contribution in [0.15, 0.2) is 24.3 Å². The Morgan fingerprint density at radius 3 is 2.48 bits per heavy atom. The molecule has 0 spiro atoms. The molecule has 1 aromatic carbocycles. The number of hydrogen-bond donors (Lipinski definition) is 2. The first kappa shape index (κ1) is 17.0. The van der Waals surface area contributed by atoms with Crippen molar-refractivity contribution in [3.63, 3.8) is 0 Å². The molecule has 0 radical (unpaired) electrons. The van der Waals surface area contributed by atoms with Gasteiger partial charge < -0.3 is 15.3 Å². The summed E-state index contributed by atoms with van der Waals surface area (Å²) in [6.45, 7) is 4.33. The van der Waals surface area contributed by atoms with Crippen molar-refractivity contribution in [1.82, 2.24) is 0 Å². The normalized spacial score (nSPS) is 17.6. The van der Waals surface area contributed by atoms with Crippen LogP contribution in [0.25, 0.3) is 0 Å². The van der Waals surface area contributed by atoms with Gasteiger partial charge in [-0.05, 0) is 36.6 Å². The first-order chi connectivity index (χ1) is 10.9. The van der Waals surface area contributed by atoms with E-state index in [9.17, 15) is 14.4 Å². The molecule has 2 rings (SSSR count). The number of carboxylic acids is 1. The van der Waals surface area contributed by atoms with E-state index in [1.165, 1.54) is 4.90 Å². The molecule has 2 amide bonds. The average Bonchev–Trinajstić information content (AvgIpc) is 2.88. The van der Waals surface area contributed by atoms with E-state index in [4.69, 9.17) is 5.11 Å². The molecule has 0 aromatic heterocycles. The zero-order chi connectivity index (χ0) is 17.0. The van der Waals surface area contributed by atoms with Gasteiger partial charge >= 0.3 is 5.97 Å². The summed E-state index contributed by atoms with van der Waals surface area (Å²) in [5.74, 6) is -1.35. The van der Waals surface area contributed by atoms with Crippen molar-refractivity contribution < 1.29 is 19.5 Å². The van der Waals surface area contributed by atoms with Crippen molar-refractivity contribution in [1.29, 1.82) is 0 Å². The number of carboxylic acid groups (broad SMARTS) is 1. The Balaban J connectivity index is 1.96. The fourth-order valence-corrected chi connectivity index (χ4v) is 2.49. The molecule has 0 bridgehead atoms. The van der Waals surface area contributed by atoms with Crippen LogP contribution in [-0.4, -0.2) is 29.4 Å². The van der Waals surface area contributed by atoms with E-state index in [0.717, 1.165) is 6.42 Å². The Labute approximate surface area is 135 Å². The molecular formula is C17H22N2O4. The molecule has 6 nitrogen and oxygen atoms in total. The number of carbonyl (C=O) groups is 3. The maximum absolute atomic E-state index is 11.9. The van der Waals surface area contributed by atoms with Gasteiger partial charge in [-0.15, -0.1) is 0 Å². The zero-order valence-corrected chi connectivity index (χ0v) is 13.4. The minimum atomic E-state index is -0.949. The quantitative estimate of drug-likeness (QED) is 0.843. The van der Waals surface area contributed by atoms with Crippen molar-refractivity contribution in [2.45, 2.75) is 33.1 Å². The zero-order valence-electron chi connectivity index (χ0n) is 13.4. The molecule has 0 aliphatic carbocycles. The lowest BCUT2D eigenvalue weighted by Gasteiger charge is -2.16. The highest BCUT2D eigenvalue weighted by Gasteiger charge is 2.34. The van der Waals surface area contributed by atoms with E-state index < -0.39 is 11.9 Å². The average molecular weight is 318 g/mol. The summed E-state index contributed by atoms with van der Waals surface area (Å²) in [6.07, 6.45) is 1.34. The van der Waals surface area contributed by atoms with Gasteiger partial charge in [0.1, 0.15) is 0 Å². The van der Waals surface area contributed by atoms with Crippen LogP contribution in [0.3, 0.4) is 0 Å². The van der Waals surface area contributed by atoms with E-state index in [-0.39, 0.29) is 24.8 Å². The third-order valence-corrected chi connectivity index (χ3v) is 3.89. The molecule has 0 saturated carbocycles. The molecule has 1 saturated heterocycles. The third kappa shape index (κ3) is 4.55. The molecule has 1 aliphatic heterocycles. The summed E-state index contributed by atoms with van der Waals surface area (Å²) < 4.78 is 0. The highest BCUT2D eigenvalue weighted by atomic mass is 16.4.